The number of rotatable bonds is 9. The van der Waals surface area contributed by atoms with Crippen molar-refractivity contribution >= 4 is 5.96 Å². The number of likely N-dealkylation sites (tertiary alicyclic amines) is 1. The molecule has 5 heteroatoms. The highest BCUT2D eigenvalue weighted by Gasteiger charge is 2.30. The van der Waals surface area contributed by atoms with Gasteiger partial charge in [-0.15, -0.1) is 0 Å². The SMILES string of the molecule is CCNC(=NCc1cccc(COCCOCC)c1)N1CCC(C)(C)C1. The van der Waals surface area contributed by atoms with Gasteiger partial charge < -0.3 is 19.7 Å². The standard InChI is InChI=1S/C21H35N3O2/c1-5-22-20(24-11-10-21(3,4)17-24)23-15-18-8-7-9-19(14-18)16-26-13-12-25-6-2/h7-9,14H,5-6,10-13,15-17H2,1-4H3,(H,22,23). The second-order valence-electron chi connectivity index (χ2n) is 7.58. The fourth-order valence-corrected chi connectivity index (χ4v) is 3.16. The Morgan fingerprint density at radius 2 is 1.96 bits per heavy atom. The molecule has 0 atom stereocenters. The number of nitrogens with zero attached hydrogens (tertiary/aromatic N) is 2. The van der Waals surface area contributed by atoms with Crippen molar-refractivity contribution in [3.8, 4) is 0 Å². The van der Waals surface area contributed by atoms with Crippen LogP contribution in [0.3, 0.4) is 0 Å². The average molecular weight is 362 g/mol. The summed E-state index contributed by atoms with van der Waals surface area (Å²) in [4.78, 5) is 7.24. The number of ether oxygens (including phenoxy) is 2. The van der Waals surface area contributed by atoms with Crippen molar-refractivity contribution in [3.63, 3.8) is 0 Å². The first kappa shape index (κ1) is 20.7. The van der Waals surface area contributed by atoms with E-state index >= 15 is 0 Å². The van der Waals surface area contributed by atoms with Crippen LogP contribution in [0.25, 0.3) is 0 Å². The van der Waals surface area contributed by atoms with Gasteiger partial charge in [0.1, 0.15) is 0 Å². The van der Waals surface area contributed by atoms with Gasteiger partial charge in [-0.2, -0.15) is 0 Å². The van der Waals surface area contributed by atoms with Gasteiger partial charge in [-0.05, 0) is 36.8 Å². The van der Waals surface area contributed by atoms with Crippen LogP contribution in [0.2, 0.25) is 0 Å². The quantitative estimate of drug-likeness (QED) is 0.416. The van der Waals surface area contributed by atoms with Crippen LogP contribution in [0.4, 0.5) is 0 Å². The molecule has 0 aliphatic carbocycles. The molecule has 1 aliphatic rings. The van der Waals surface area contributed by atoms with E-state index in [9.17, 15) is 0 Å². The molecule has 0 aromatic heterocycles. The largest absolute Gasteiger partial charge is 0.379 e. The van der Waals surface area contributed by atoms with Crippen molar-refractivity contribution in [2.45, 2.75) is 47.3 Å². The van der Waals surface area contributed by atoms with E-state index in [4.69, 9.17) is 14.5 Å². The zero-order valence-corrected chi connectivity index (χ0v) is 16.9. The van der Waals surface area contributed by atoms with Gasteiger partial charge >= 0.3 is 0 Å². The Hall–Kier alpha value is -1.59. The third-order valence-corrected chi connectivity index (χ3v) is 4.56. The fraction of sp³-hybridized carbons (Fsp3) is 0.667. The summed E-state index contributed by atoms with van der Waals surface area (Å²) in [6.07, 6.45) is 1.21. The van der Waals surface area contributed by atoms with Gasteiger partial charge in [0.15, 0.2) is 5.96 Å². The molecule has 0 radical (unpaired) electrons. The van der Waals surface area contributed by atoms with E-state index in [1.54, 1.807) is 0 Å². The molecule has 1 aromatic rings. The van der Waals surface area contributed by atoms with Gasteiger partial charge in [0, 0.05) is 26.2 Å². The Labute approximate surface area is 158 Å². The first-order valence-corrected chi connectivity index (χ1v) is 9.80. The van der Waals surface area contributed by atoms with E-state index in [0.29, 0.717) is 31.8 Å². The Bertz CT molecular complexity index is 572. The summed E-state index contributed by atoms with van der Waals surface area (Å²) in [6.45, 7) is 15.1. The number of aliphatic imine (C=N–C) groups is 1. The summed E-state index contributed by atoms with van der Waals surface area (Å²) in [5.41, 5.74) is 2.76. The Morgan fingerprint density at radius 1 is 1.19 bits per heavy atom. The van der Waals surface area contributed by atoms with Crippen LogP contribution in [-0.4, -0.2) is 50.3 Å². The summed E-state index contributed by atoms with van der Waals surface area (Å²) < 4.78 is 11.0. The zero-order chi connectivity index (χ0) is 18.8. The van der Waals surface area contributed by atoms with Gasteiger partial charge in [-0.25, -0.2) is 4.99 Å². The minimum Gasteiger partial charge on any atom is -0.379 e. The van der Waals surface area contributed by atoms with Gasteiger partial charge in [-0.3, -0.25) is 0 Å². The Balaban J connectivity index is 1.91. The Morgan fingerprint density at radius 3 is 2.65 bits per heavy atom. The summed E-state index contributed by atoms with van der Waals surface area (Å²) in [5, 5.41) is 3.44. The lowest BCUT2D eigenvalue weighted by molar-refractivity contribution is 0.0453. The molecular formula is C21H35N3O2. The number of benzene rings is 1. The van der Waals surface area contributed by atoms with Crippen LogP contribution in [0.15, 0.2) is 29.3 Å². The van der Waals surface area contributed by atoms with E-state index < -0.39 is 0 Å². The average Bonchev–Trinajstić information content (AvgIpc) is 2.98. The fourth-order valence-electron chi connectivity index (χ4n) is 3.16. The predicted octanol–water partition coefficient (Wildman–Crippen LogP) is 3.44. The lowest BCUT2D eigenvalue weighted by Gasteiger charge is -2.23. The number of hydrogen-bond donors (Lipinski definition) is 1. The number of guanidine groups is 1. The second-order valence-corrected chi connectivity index (χ2v) is 7.58. The van der Waals surface area contributed by atoms with E-state index in [0.717, 1.165) is 32.2 Å². The first-order valence-electron chi connectivity index (χ1n) is 9.80. The maximum absolute atomic E-state index is 5.66. The Kier molecular flexibility index (Phi) is 8.39. The third-order valence-electron chi connectivity index (χ3n) is 4.56. The summed E-state index contributed by atoms with van der Waals surface area (Å²) in [5.74, 6) is 1.02. The van der Waals surface area contributed by atoms with Gasteiger partial charge in [0.05, 0.1) is 26.4 Å². The number of nitrogens with one attached hydrogen (secondary N) is 1. The van der Waals surface area contributed by atoms with Crippen LogP contribution in [0.1, 0.15) is 45.2 Å². The molecule has 1 heterocycles. The lowest BCUT2D eigenvalue weighted by Crippen LogP contribution is -2.40. The molecule has 0 spiro atoms. The van der Waals surface area contributed by atoms with Crippen LogP contribution in [-0.2, 0) is 22.6 Å². The van der Waals surface area contributed by atoms with Crippen molar-refractivity contribution in [2.24, 2.45) is 10.4 Å². The van der Waals surface area contributed by atoms with E-state index in [1.807, 2.05) is 6.92 Å². The molecule has 0 saturated carbocycles. The van der Waals surface area contributed by atoms with Crippen LogP contribution in [0, 0.1) is 5.41 Å². The topological polar surface area (TPSA) is 46.1 Å². The molecular weight excluding hydrogens is 326 g/mol. The highest BCUT2D eigenvalue weighted by molar-refractivity contribution is 5.80. The number of hydrogen-bond acceptors (Lipinski definition) is 3. The smallest absolute Gasteiger partial charge is 0.194 e. The molecule has 0 bridgehead atoms. The monoisotopic (exact) mass is 361 g/mol. The van der Waals surface area contributed by atoms with Gasteiger partial charge in [0.2, 0.25) is 0 Å². The third kappa shape index (κ3) is 6.96. The van der Waals surface area contributed by atoms with E-state index in [1.165, 1.54) is 17.5 Å². The van der Waals surface area contributed by atoms with Crippen LogP contribution in [0.5, 0.6) is 0 Å². The lowest BCUT2D eigenvalue weighted by atomic mass is 9.93. The highest BCUT2D eigenvalue weighted by atomic mass is 16.5. The maximum Gasteiger partial charge on any atom is 0.194 e. The minimum absolute atomic E-state index is 0.370. The van der Waals surface area contributed by atoms with E-state index in [-0.39, 0.29) is 0 Å². The van der Waals surface area contributed by atoms with Crippen molar-refractivity contribution < 1.29 is 9.47 Å². The molecule has 1 N–H and O–H groups in total. The maximum atomic E-state index is 5.66. The summed E-state index contributed by atoms with van der Waals surface area (Å²) in [6, 6.07) is 8.49. The normalized spacial score (nSPS) is 16.9. The molecule has 146 valence electrons. The van der Waals surface area contributed by atoms with E-state index in [2.05, 4.69) is 55.3 Å². The van der Waals surface area contributed by atoms with Crippen molar-refractivity contribution in [1.29, 1.82) is 0 Å². The molecule has 1 saturated heterocycles. The predicted molar refractivity (Wildman–Crippen MR) is 107 cm³/mol. The van der Waals surface area contributed by atoms with Gasteiger partial charge in [-0.1, -0.05) is 38.1 Å². The first-order chi connectivity index (χ1) is 12.5. The van der Waals surface area contributed by atoms with Crippen LogP contribution < -0.4 is 5.32 Å². The summed E-state index contributed by atoms with van der Waals surface area (Å²) in [7, 11) is 0. The molecule has 1 aliphatic heterocycles. The van der Waals surface area contributed by atoms with Gasteiger partial charge in [0.25, 0.3) is 0 Å². The minimum atomic E-state index is 0.370. The van der Waals surface area contributed by atoms with Crippen molar-refractivity contribution in [3.05, 3.63) is 35.4 Å². The molecule has 0 unspecified atom stereocenters. The molecule has 1 fully saturated rings. The van der Waals surface area contributed by atoms with Crippen molar-refractivity contribution in [1.82, 2.24) is 10.2 Å². The molecule has 0 amide bonds. The molecule has 26 heavy (non-hydrogen) atoms. The molecule has 1 aromatic carbocycles. The van der Waals surface area contributed by atoms with Crippen molar-refractivity contribution in [2.75, 3.05) is 39.5 Å². The second kappa shape index (κ2) is 10.5. The highest BCUT2D eigenvalue weighted by Crippen LogP contribution is 2.28. The molecule has 2 rings (SSSR count). The zero-order valence-electron chi connectivity index (χ0n) is 16.9. The summed E-state index contributed by atoms with van der Waals surface area (Å²) >= 11 is 0. The van der Waals surface area contributed by atoms with Crippen LogP contribution >= 0.6 is 0 Å². The molecule has 5 nitrogen and oxygen atoms in total.